The predicted octanol–water partition coefficient (Wildman–Crippen LogP) is 1.20. The van der Waals surface area contributed by atoms with Gasteiger partial charge >= 0.3 is 0 Å². The van der Waals surface area contributed by atoms with Crippen LogP contribution in [-0.2, 0) is 13.0 Å². The molecular formula is C11H15N3OS. The predicted molar refractivity (Wildman–Crippen MR) is 64.0 cm³/mol. The Morgan fingerprint density at radius 2 is 2.19 bits per heavy atom. The number of H-pyrrole nitrogens is 2. The summed E-state index contributed by atoms with van der Waals surface area (Å²) in [5.41, 5.74) is 1.89. The zero-order chi connectivity index (χ0) is 11.1. The molecule has 2 heterocycles. The highest BCUT2D eigenvalue weighted by molar-refractivity contribution is 7.71. The Kier molecular flexibility index (Phi) is 2.44. The van der Waals surface area contributed by atoms with Crippen molar-refractivity contribution in [3.63, 3.8) is 0 Å². The van der Waals surface area contributed by atoms with Crippen molar-refractivity contribution in [3.8, 4) is 0 Å². The normalized spacial score (nSPS) is 20.8. The van der Waals surface area contributed by atoms with Crippen LogP contribution in [0.5, 0.6) is 0 Å². The summed E-state index contributed by atoms with van der Waals surface area (Å²) >= 11 is 4.97. The van der Waals surface area contributed by atoms with E-state index in [0.717, 1.165) is 43.2 Å². The minimum absolute atomic E-state index is 0.0146. The minimum Gasteiger partial charge on any atom is -0.335 e. The smallest absolute Gasteiger partial charge is 0.256 e. The van der Waals surface area contributed by atoms with Crippen LogP contribution in [0, 0.1) is 10.7 Å². The maximum atomic E-state index is 11.8. The molecule has 0 radical (unpaired) electrons. The van der Waals surface area contributed by atoms with Crippen LogP contribution >= 0.6 is 12.2 Å². The molecular weight excluding hydrogens is 222 g/mol. The van der Waals surface area contributed by atoms with Gasteiger partial charge in [-0.1, -0.05) is 0 Å². The van der Waals surface area contributed by atoms with Gasteiger partial charge in [-0.15, -0.1) is 0 Å². The van der Waals surface area contributed by atoms with Crippen LogP contribution in [0.15, 0.2) is 4.79 Å². The zero-order valence-corrected chi connectivity index (χ0v) is 9.90. The molecule has 1 fully saturated rings. The van der Waals surface area contributed by atoms with E-state index in [4.69, 9.17) is 12.2 Å². The summed E-state index contributed by atoms with van der Waals surface area (Å²) in [6, 6.07) is 0. The molecule has 1 aliphatic carbocycles. The molecule has 16 heavy (non-hydrogen) atoms. The second-order valence-corrected chi connectivity index (χ2v) is 5.20. The van der Waals surface area contributed by atoms with Crippen LogP contribution in [0.2, 0.25) is 0 Å². The quantitative estimate of drug-likeness (QED) is 0.760. The number of hydrogen-bond acceptors (Lipinski definition) is 3. The van der Waals surface area contributed by atoms with Crippen LogP contribution in [0.25, 0.3) is 0 Å². The lowest BCUT2D eigenvalue weighted by Crippen LogP contribution is -2.36. The summed E-state index contributed by atoms with van der Waals surface area (Å²) in [4.78, 5) is 19.9. The number of nitrogens with one attached hydrogen (secondary N) is 2. The molecule has 5 heteroatoms. The van der Waals surface area contributed by atoms with Crippen LogP contribution in [0.1, 0.15) is 24.1 Å². The molecule has 1 aliphatic heterocycles. The summed E-state index contributed by atoms with van der Waals surface area (Å²) in [6.07, 6.45) is 3.63. The molecule has 0 atom stereocenters. The molecule has 3 rings (SSSR count). The zero-order valence-electron chi connectivity index (χ0n) is 9.08. The fraction of sp³-hybridized carbons (Fsp3) is 0.636. The van der Waals surface area contributed by atoms with Gasteiger partial charge in [0.2, 0.25) is 0 Å². The lowest BCUT2D eigenvalue weighted by atomic mass is 10.1. The molecule has 0 aromatic carbocycles. The highest BCUT2D eigenvalue weighted by Crippen LogP contribution is 2.30. The summed E-state index contributed by atoms with van der Waals surface area (Å²) < 4.78 is 0.444. The third-order valence-electron chi connectivity index (χ3n) is 3.40. The third-order valence-corrected chi connectivity index (χ3v) is 3.61. The second kappa shape index (κ2) is 3.82. The Morgan fingerprint density at radius 1 is 1.38 bits per heavy atom. The maximum Gasteiger partial charge on any atom is 0.256 e. The Bertz CT molecular complexity index is 515. The largest absolute Gasteiger partial charge is 0.335 e. The van der Waals surface area contributed by atoms with Gasteiger partial charge in [0.25, 0.3) is 5.56 Å². The van der Waals surface area contributed by atoms with Crippen LogP contribution in [0.3, 0.4) is 0 Å². The number of nitrogens with zero attached hydrogens (tertiary/aromatic N) is 1. The Hall–Kier alpha value is -0.940. The SMILES string of the molecule is O=c1[nH]c(=S)[nH]c2c1CN(CC1CC1)CC2. The van der Waals surface area contributed by atoms with Gasteiger partial charge in [0, 0.05) is 31.7 Å². The molecule has 0 saturated heterocycles. The summed E-state index contributed by atoms with van der Waals surface area (Å²) in [5, 5.41) is 0. The molecule has 1 aromatic heterocycles. The van der Waals surface area contributed by atoms with Crippen LogP contribution in [-0.4, -0.2) is 28.0 Å². The average molecular weight is 237 g/mol. The van der Waals surface area contributed by atoms with E-state index in [9.17, 15) is 4.79 Å². The number of aromatic amines is 2. The van der Waals surface area contributed by atoms with Crippen molar-refractivity contribution in [2.75, 3.05) is 13.1 Å². The molecule has 1 saturated carbocycles. The highest BCUT2D eigenvalue weighted by Gasteiger charge is 2.27. The number of rotatable bonds is 2. The Morgan fingerprint density at radius 3 is 2.94 bits per heavy atom. The molecule has 2 aliphatic rings. The molecule has 0 amide bonds. The number of aromatic nitrogens is 2. The second-order valence-electron chi connectivity index (χ2n) is 4.79. The van der Waals surface area contributed by atoms with Gasteiger partial charge in [0.15, 0.2) is 4.77 Å². The van der Waals surface area contributed by atoms with E-state index in [1.807, 2.05) is 0 Å². The molecule has 0 unspecified atom stereocenters. The summed E-state index contributed by atoms with van der Waals surface area (Å²) in [5.74, 6) is 0.878. The van der Waals surface area contributed by atoms with Gasteiger partial charge < -0.3 is 4.98 Å². The van der Waals surface area contributed by atoms with E-state index in [0.29, 0.717) is 4.77 Å². The van der Waals surface area contributed by atoms with Gasteiger partial charge in [-0.3, -0.25) is 14.7 Å². The molecule has 86 valence electrons. The third kappa shape index (κ3) is 1.97. The first kappa shape index (κ1) is 10.2. The topological polar surface area (TPSA) is 51.9 Å². The van der Waals surface area contributed by atoms with E-state index >= 15 is 0 Å². The van der Waals surface area contributed by atoms with Gasteiger partial charge in [-0.05, 0) is 31.0 Å². The van der Waals surface area contributed by atoms with Crippen molar-refractivity contribution in [1.29, 1.82) is 0 Å². The number of hydrogen-bond donors (Lipinski definition) is 2. The van der Waals surface area contributed by atoms with Crippen LogP contribution in [0.4, 0.5) is 0 Å². The molecule has 1 aromatic rings. The monoisotopic (exact) mass is 237 g/mol. The standard InChI is InChI=1S/C11H15N3OS/c15-10-8-6-14(5-7-1-2-7)4-3-9(8)12-11(16)13-10/h7H,1-6H2,(H2,12,13,15,16). The molecule has 0 bridgehead atoms. The van der Waals surface area contributed by atoms with Gasteiger partial charge in [0.1, 0.15) is 0 Å². The number of fused-ring (bicyclic) bond motifs is 1. The fourth-order valence-corrected chi connectivity index (χ4v) is 2.55. The van der Waals surface area contributed by atoms with Crippen LogP contribution < -0.4 is 5.56 Å². The molecule has 2 N–H and O–H groups in total. The van der Waals surface area contributed by atoms with Gasteiger partial charge in [-0.25, -0.2) is 0 Å². The van der Waals surface area contributed by atoms with Crippen molar-refractivity contribution in [2.24, 2.45) is 5.92 Å². The Labute approximate surface area is 98.7 Å². The maximum absolute atomic E-state index is 11.8. The van der Waals surface area contributed by atoms with Crippen molar-refractivity contribution in [3.05, 3.63) is 26.4 Å². The van der Waals surface area contributed by atoms with E-state index in [-0.39, 0.29) is 5.56 Å². The van der Waals surface area contributed by atoms with E-state index in [1.54, 1.807) is 0 Å². The average Bonchev–Trinajstić information content (AvgIpc) is 3.03. The van der Waals surface area contributed by atoms with Gasteiger partial charge in [0.05, 0.1) is 5.56 Å². The first-order chi connectivity index (χ1) is 7.72. The summed E-state index contributed by atoms with van der Waals surface area (Å²) in [6.45, 7) is 2.96. The van der Waals surface area contributed by atoms with E-state index in [2.05, 4.69) is 14.9 Å². The molecule has 0 spiro atoms. The lowest BCUT2D eigenvalue weighted by Gasteiger charge is -2.27. The van der Waals surface area contributed by atoms with E-state index < -0.39 is 0 Å². The lowest BCUT2D eigenvalue weighted by molar-refractivity contribution is 0.240. The first-order valence-electron chi connectivity index (χ1n) is 5.79. The minimum atomic E-state index is -0.0146. The van der Waals surface area contributed by atoms with E-state index in [1.165, 1.54) is 12.8 Å². The Balaban J connectivity index is 1.87. The van der Waals surface area contributed by atoms with Crippen molar-refractivity contribution in [1.82, 2.24) is 14.9 Å². The van der Waals surface area contributed by atoms with Crippen molar-refractivity contribution in [2.45, 2.75) is 25.8 Å². The summed E-state index contributed by atoms with van der Waals surface area (Å²) in [7, 11) is 0. The van der Waals surface area contributed by atoms with Crippen molar-refractivity contribution < 1.29 is 0 Å². The fourth-order valence-electron chi connectivity index (χ4n) is 2.33. The van der Waals surface area contributed by atoms with Crippen molar-refractivity contribution >= 4 is 12.2 Å². The van der Waals surface area contributed by atoms with Gasteiger partial charge in [-0.2, -0.15) is 0 Å². The first-order valence-corrected chi connectivity index (χ1v) is 6.20. The highest BCUT2D eigenvalue weighted by atomic mass is 32.1. The molecule has 4 nitrogen and oxygen atoms in total.